The van der Waals surface area contributed by atoms with Crippen LogP contribution in [0.3, 0.4) is 0 Å². The van der Waals surface area contributed by atoms with Gasteiger partial charge in [-0.15, -0.1) is 10.2 Å². The average Bonchev–Trinajstić information content (AvgIpc) is 3.29. The Bertz CT molecular complexity index is 1390. The van der Waals surface area contributed by atoms with Crippen LogP contribution in [0.15, 0.2) is 78.0 Å². The number of ether oxygens (including phenoxy) is 1. The molecule has 10 heteroatoms. The first-order chi connectivity index (χ1) is 17.9. The fraction of sp³-hybridized carbons (Fsp3) is 0.185. The maximum Gasteiger partial charge on any atom is 0.258 e. The predicted molar refractivity (Wildman–Crippen MR) is 145 cm³/mol. The number of benzene rings is 3. The number of amides is 2. The average molecular weight is 536 g/mol. The van der Waals surface area contributed by atoms with Crippen LogP contribution in [0, 0.1) is 13.8 Å². The Balaban J connectivity index is 1.42. The minimum Gasteiger partial charge on any atom is -0.484 e. The lowest BCUT2D eigenvalue weighted by Crippen LogP contribution is -2.29. The predicted octanol–water partition coefficient (Wildman–Crippen LogP) is 4.96. The van der Waals surface area contributed by atoms with Crippen molar-refractivity contribution < 1.29 is 14.3 Å². The Kier molecular flexibility index (Phi) is 8.81. The zero-order valence-electron chi connectivity index (χ0n) is 20.4. The van der Waals surface area contributed by atoms with Gasteiger partial charge in [0.2, 0.25) is 5.91 Å². The van der Waals surface area contributed by atoms with Crippen LogP contribution in [0.1, 0.15) is 17.0 Å². The second-order valence-corrected chi connectivity index (χ2v) is 9.68. The van der Waals surface area contributed by atoms with Gasteiger partial charge in [0.15, 0.2) is 17.6 Å². The third kappa shape index (κ3) is 7.58. The number of halogens is 1. The standard InChI is InChI=1S/C27H26ClN5O3S/c1-18-5-3-7-21(13-18)30-26(35)17-37-27-32-31-24(33(27)22-8-4-6-19(2)14-22)15-29-25(34)16-36-23-11-9-20(28)10-12-23/h3-14H,15-17H2,1-2H3,(H,29,34)(H,30,35). The summed E-state index contributed by atoms with van der Waals surface area (Å²) < 4.78 is 7.35. The van der Waals surface area contributed by atoms with E-state index in [4.69, 9.17) is 16.3 Å². The minimum atomic E-state index is -0.305. The van der Waals surface area contributed by atoms with Crippen molar-refractivity contribution in [2.45, 2.75) is 25.5 Å². The first kappa shape index (κ1) is 26.2. The molecule has 37 heavy (non-hydrogen) atoms. The second kappa shape index (κ2) is 12.4. The molecule has 3 aromatic carbocycles. The monoisotopic (exact) mass is 535 g/mol. The third-order valence-electron chi connectivity index (χ3n) is 5.22. The molecular weight excluding hydrogens is 510 g/mol. The highest BCUT2D eigenvalue weighted by atomic mass is 35.5. The number of nitrogens with one attached hydrogen (secondary N) is 2. The molecule has 0 fully saturated rings. The lowest BCUT2D eigenvalue weighted by molar-refractivity contribution is -0.123. The molecule has 0 radical (unpaired) electrons. The number of anilines is 1. The summed E-state index contributed by atoms with van der Waals surface area (Å²) in [7, 11) is 0. The van der Waals surface area contributed by atoms with Crippen molar-refractivity contribution in [3.63, 3.8) is 0 Å². The van der Waals surface area contributed by atoms with Crippen molar-refractivity contribution in [3.05, 3.63) is 94.8 Å². The van der Waals surface area contributed by atoms with E-state index in [2.05, 4.69) is 20.8 Å². The fourth-order valence-electron chi connectivity index (χ4n) is 3.49. The Morgan fingerprint density at radius 2 is 1.68 bits per heavy atom. The summed E-state index contributed by atoms with van der Waals surface area (Å²) >= 11 is 7.15. The van der Waals surface area contributed by atoms with E-state index >= 15 is 0 Å². The van der Waals surface area contributed by atoms with Crippen LogP contribution < -0.4 is 15.4 Å². The SMILES string of the molecule is Cc1cccc(NC(=O)CSc2nnc(CNC(=O)COc3ccc(Cl)cc3)n2-c2cccc(C)c2)c1. The number of rotatable bonds is 10. The van der Waals surface area contributed by atoms with Crippen LogP contribution in [0.4, 0.5) is 5.69 Å². The van der Waals surface area contributed by atoms with E-state index in [1.807, 2.05) is 66.9 Å². The highest BCUT2D eigenvalue weighted by molar-refractivity contribution is 7.99. The van der Waals surface area contributed by atoms with Crippen molar-refractivity contribution in [2.24, 2.45) is 0 Å². The molecule has 2 amide bonds. The van der Waals surface area contributed by atoms with E-state index in [1.54, 1.807) is 24.3 Å². The normalized spacial score (nSPS) is 10.7. The minimum absolute atomic E-state index is 0.139. The largest absolute Gasteiger partial charge is 0.484 e. The molecule has 0 aliphatic carbocycles. The molecule has 190 valence electrons. The van der Waals surface area contributed by atoms with Gasteiger partial charge in [0.1, 0.15) is 5.75 Å². The first-order valence-corrected chi connectivity index (χ1v) is 12.9. The molecule has 0 spiro atoms. The maximum atomic E-state index is 12.6. The molecule has 1 aromatic heterocycles. The van der Waals surface area contributed by atoms with Crippen LogP contribution in [-0.2, 0) is 16.1 Å². The van der Waals surface area contributed by atoms with Gasteiger partial charge in [-0.05, 0) is 73.5 Å². The van der Waals surface area contributed by atoms with Crippen molar-refractivity contribution in [2.75, 3.05) is 17.7 Å². The molecule has 0 unspecified atom stereocenters. The van der Waals surface area contributed by atoms with Gasteiger partial charge in [-0.2, -0.15) is 0 Å². The highest BCUT2D eigenvalue weighted by Gasteiger charge is 2.17. The topological polar surface area (TPSA) is 98.1 Å². The van der Waals surface area contributed by atoms with E-state index in [-0.39, 0.29) is 30.7 Å². The first-order valence-electron chi connectivity index (χ1n) is 11.5. The van der Waals surface area contributed by atoms with Crippen LogP contribution in [-0.4, -0.2) is 38.9 Å². The summed E-state index contributed by atoms with van der Waals surface area (Å²) in [6.07, 6.45) is 0. The van der Waals surface area contributed by atoms with Gasteiger partial charge in [-0.1, -0.05) is 47.6 Å². The molecule has 8 nitrogen and oxygen atoms in total. The van der Waals surface area contributed by atoms with E-state index in [1.165, 1.54) is 11.8 Å². The summed E-state index contributed by atoms with van der Waals surface area (Å²) in [6.45, 7) is 3.95. The van der Waals surface area contributed by atoms with Gasteiger partial charge in [0, 0.05) is 16.4 Å². The molecule has 1 heterocycles. The molecule has 0 aliphatic heterocycles. The Morgan fingerprint density at radius 1 is 0.946 bits per heavy atom. The van der Waals surface area contributed by atoms with Gasteiger partial charge in [0.25, 0.3) is 5.91 Å². The number of hydrogen-bond donors (Lipinski definition) is 2. The zero-order valence-corrected chi connectivity index (χ0v) is 22.0. The van der Waals surface area contributed by atoms with Gasteiger partial charge in [0.05, 0.1) is 12.3 Å². The summed E-state index contributed by atoms with van der Waals surface area (Å²) in [5.41, 5.74) is 3.71. The summed E-state index contributed by atoms with van der Waals surface area (Å²) in [5.74, 6) is 0.778. The quantitative estimate of drug-likeness (QED) is 0.278. The third-order valence-corrected chi connectivity index (χ3v) is 6.40. The molecule has 0 saturated heterocycles. The lowest BCUT2D eigenvalue weighted by Gasteiger charge is -2.12. The van der Waals surface area contributed by atoms with Crippen molar-refractivity contribution in [1.82, 2.24) is 20.1 Å². The molecule has 0 atom stereocenters. The van der Waals surface area contributed by atoms with E-state index in [0.29, 0.717) is 21.8 Å². The van der Waals surface area contributed by atoms with Gasteiger partial charge in [-0.25, -0.2) is 0 Å². The van der Waals surface area contributed by atoms with E-state index < -0.39 is 0 Å². The Morgan fingerprint density at radius 3 is 2.41 bits per heavy atom. The number of nitrogens with zero attached hydrogens (tertiary/aromatic N) is 3. The lowest BCUT2D eigenvalue weighted by atomic mass is 10.2. The van der Waals surface area contributed by atoms with Crippen molar-refractivity contribution >= 4 is 40.9 Å². The maximum absolute atomic E-state index is 12.6. The fourth-order valence-corrected chi connectivity index (χ4v) is 4.39. The van der Waals surface area contributed by atoms with Gasteiger partial charge in [-0.3, -0.25) is 14.2 Å². The van der Waals surface area contributed by atoms with E-state index in [0.717, 1.165) is 22.5 Å². The number of hydrogen-bond acceptors (Lipinski definition) is 6. The van der Waals surface area contributed by atoms with E-state index in [9.17, 15) is 9.59 Å². The highest BCUT2D eigenvalue weighted by Crippen LogP contribution is 2.23. The zero-order chi connectivity index (χ0) is 26.2. The second-order valence-electron chi connectivity index (χ2n) is 8.30. The number of aromatic nitrogens is 3. The molecular formula is C27H26ClN5O3S. The van der Waals surface area contributed by atoms with Crippen molar-refractivity contribution in [3.8, 4) is 11.4 Å². The smallest absolute Gasteiger partial charge is 0.258 e. The van der Waals surface area contributed by atoms with Crippen molar-refractivity contribution in [1.29, 1.82) is 0 Å². The van der Waals surface area contributed by atoms with Gasteiger partial charge >= 0.3 is 0 Å². The summed E-state index contributed by atoms with van der Waals surface area (Å²) in [4.78, 5) is 25.0. The Hall–Kier alpha value is -3.82. The number of carbonyl (C=O) groups excluding carboxylic acids is 2. The van der Waals surface area contributed by atoms with Crippen LogP contribution >= 0.6 is 23.4 Å². The molecule has 4 aromatic rings. The number of carbonyl (C=O) groups is 2. The van der Waals surface area contributed by atoms with Gasteiger partial charge < -0.3 is 15.4 Å². The van der Waals surface area contributed by atoms with Crippen LogP contribution in [0.5, 0.6) is 5.75 Å². The molecule has 0 bridgehead atoms. The van der Waals surface area contributed by atoms with Crippen LogP contribution in [0.25, 0.3) is 5.69 Å². The molecule has 4 rings (SSSR count). The summed E-state index contributed by atoms with van der Waals surface area (Å²) in [6, 6.07) is 22.3. The number of thioether (sulfide) groups is 1. The summed E-state index contributed by atoms with van der Waals surface area (Å²) in [5, 5.41) is 15.4. The molecule has 2 N–H and O–H groups in total. The van der Waals surface area contributed by atoms with Crippen LogP contribution in [0.2, 0.25) is 5.02 Å². The Labute approximate surface area is 224 Å². The molecule has 0 aliphatic rings. The molecule has 0 saturated carbocycles. The number of aryl methyl sites for hydroxylation is 2.